The summed E-state index contributed by atoms with van der Waals surface area (Å²) in [5, 5.41) is 4.52. The molecule has 0 radical (unpaired) electrons. The molecular formula is C56H45BN2O2. The Kier molecular flexibility index (Phi) is 7.52. The number of furan rings is 2. The standard InChI is InChI=1S/C56H45BN2O2/c1-55(2,3)35-27-31-45-44(32-35)57-43-30-26-36(56(4,5)6)33-49(43)58(37-28-24-34(25-29-37)38-16-11-17-41-39-14-7-9-22-50(39)60-53(38)41)46-19-13-20-47(52(46)57)59(45)48-21-12-18-42-40-15-8-10-23-51(40)61-54(42)48/h7-33H,1-6H3. The molecule has 8 aromatic carbocycles. The van der Waals surface area contributed by atoms with E-state index in [1.807, 2.05) is 6.07 Å². The highest BCUT2D eigenvalue weighted by Crippen LogP contribution is 2.48. The lowest BCUT2D eigenvalue weighted by molar-refractivity contribution is 0.590. The Morgan fingerprint density at radius 3 is 1.67 bits per heavy atom. The van der Waals surface area contributed by atoms with Crippen molar-refractivity contribution in [2.75, 3.05) is 9.80 Å². The van der Waals surface area contributed by atoms with Crippen molar-refractivity contribution in [2.24, 2.45) is 0 Å². The van der Waals surface area contributed by atoms with Crippen LogP contribution in [-0.2, 0) is 10.8 Å². The van der Waals surface area contributed by atoms with Gasteiger partial charge in [-0.3, -0.25) is 0 Å². The molecule has 0 N–H and O–H groups in total. The van der Waals surface area contributed by atoms with E-state index in [0.29, 0.717) is 0 Å². The van der Waals surface area contributed by atoms with Gasteiger partial charge in [-0.25, -0.2) is 0 Å². The number of para-hydroxylation sites is 4. The van der Waals surface area contributed by atoms with Crippen molar-refractivity contribution in [2.45, 2.75) is 52.4 Å². The zero-order chi connectivity index (χ0) is 41.4. The van der Waals surface area contributed by atoms with Crippen molar-refractivity contribution >= 4 is 101 Å². The molecule has 0 saturated heterocycles. The zero-order valence-corrected chi connectivity index (χ0v) is 35.4. The molecule has 0 fully saturated rings. The summed E-state index contributed by atoms with van der Waals surface area (Å²) in [5.74, 6) is 0. The van der Waals surface area contributed by atoms with E-state index in [2.05, 4.69) is 209 Å². The summed E-state index contributed by atoms with van der Waals surface area (Å²) in [6.07, 6.45) is 0. The molecule has 5 heteroatoms. The molecule has 0 amide bonds. The van der Waals surface area contributed by atoms with Crippen molar-refractivity contribution in [3.05, 3.63) is 175 Å². The molecule has 4 nitrogen and oxygen atoms in total. The molecule has 2 aliphatic rings. The monoisotopic (exact) mass is 788 g/mol. The van der Waals surface area contributed by atoms with Gasteiger partial charge in [-0.15, -0.1) is 0 Å². The van der Waals surface area contributed by atoms with E-state index < -0.39 is 0 Å². The summed E-state index contributed by atoms with van der Waals surface area (Å²) in [6, 6.07) is 60.0. The molecule has 0 bridgehead atoms. The molecule has 0 spiro atoms. The average molecular weight is 789 g/mol. The van der Waals surface area contributed by atoms with Crippen LogP contribution in [0.15, 0.2) is 173 Å². The fourth-order valence-corrected chi connectivity index (χ4v) is 10.1. The van der Waals surface area contributed by atoms with E-state index in [9.17, 15) is 0 Å². The van der Waals surface area contributed by atoms with Gasteiger partial charge in [0, 0.05) is 55.5 Å². The molecule has 4 heterocycles. The highest BCUT2D eigenvalue weighted by Gasteiger charge is 2.44. The highest BCUT2D eigenvalue weighted by atomic mass is 16.3. The molecule has 0 atom stereocenters. The van der Waals surface area contributed by atoms with Gasteiger partial charge < -0.3 is 18.6 Å². The minimum atomic E-state index is -0.0378. The second kappa shape index (κ2) is 12.8. The number of hydrogen-bond donors (Lipinski definition) is 0. The molecule has 0 saturated carbocycles. The Bertz CT molecular complexity index is 3410. The molecule has 61 heavy (non-hydrogen) atoms. The van der Waals surface area contributed by atoms with Gasteiger partial charge in [0.2, 0.25) is 0 Å². The Balaban J connectivity index is 1.10. The van der Waals surface area contributed by atoms with Crippen LogP contribution in [0.1, 0.15) is 52.7 Å². The number of anilines is 6. The Morgan fingerprint density at radius 1 is 0.410 bits per heavy atom. The number of hydrogen-bond acceptors (Lipinski definition) is 4. The lowest BCUT2D eigenvalue weighted by atomic mass is 9.33. The van der Waals surface area contributed by atoms with E-state index in [1.54, 1.807) is 0 Å². The van der Waals surface area contributed by atoms with Crippen LogP contribution in [0.3, 0.4) is 0 Å². The van der Waals surface area contributed by atoms with Crippen molar-refractivity contribution in [1.29, 1.82) is 0 Å². The van der Waals surface area contributed by atoms with Crippen LogP contribution >= 0.6 is 0 Å². The van der Waals surface area contributed by atoms with Gasteiger partial charge in [0.15, 0.2) is 5.58 Å². The van der Waals surface area contributed by atoms with E-state index in [0.717, 1.165) is 72.1 Å². The predicted octanol–water partition coefficient (Wildman–Crippen LogP) is 13.8. The lowest BCUT2D eigenvalue weighted by Gasteiger charge is -2.44. The summed E-state index contributed by atoms with van der Waals surface area (Å²) in [6.45, 7) is 13.9. The van der Waals surface area contributed by atoms with E-state index in [-0.39, 0.29) is 17.5 Å². The fourth-order valence-electron chi connectivity index (χ4n) is 10.1. The summed E-state index contributed by atoms with van der Waals surface area (Å²) in [5.41, 5.74) is 19.2. The van der Waals surface area contributed by atoms with Crippen LogP contribution in [0.2, 0.25) is 0 Å². The molecule has 12 rings (SSSR count). The SMILES string of the molecule is CC(C)(C)c1ccc2c(c1)B1c3ccc(C(C)(C)C)cc3N(c3ccc(-c4cccc5c4oc4ccccc45)cc3)c3cccc(c31)N2c1cccc2c1oc1ccccc12. The minimum absolute atomic E-state index is 0.0138. The number of benzene rings is 8. The Morgan fingerprint density at radius 2 is 0.967 bits per heavy atom. The molecular weight excluding hydrogens is 743 g/mol. The number of fused-ring (bicyclic) bond motifs is 10. The third kappa shape index (κ3) is 5.32. The largest absolute Gasteiger partial charge is 0.455 e. The topological polar surface area (TPSA) is 32.8 Å². The molecule has 0 unspecified atom stereocenters. The first kappa shape index (κ1) is 35.9. The van der Waals surface area contributed by atoms with Gasteiger partial charge >= 0.3 is 0 Å². The number of nitrogens with zero attached hydrogens (tertiary/aromatic N) is 2. The minimum Gasteiger partial charge on any atom is -0.455 e. The van der Waals surface area contributed by atoms with Crippen molar-refractivity contribution in [3.8, 4) is 11.1 Å². The maximum Gasteiger partial charge on any atom is 0.252 e. The van der Waals surface area contributed by atoms with Crippen LogP contribution in [-0.4, -0.2) is 6.71 Å². The second-order valence-corrected chi connectivity index (χ2v) is 18.9. The van der Waals surface area contributed by atoms with Crippen LogP contribution in [0.4, 0.5) is 34.1 Å². The predicted molar refractivity (Wildman–Crippen MR) is 258 cm³/mol. The third-order valence-electron chi connectivity index (χ3n) is 13.2. The molecule has 2 aromatic heterocycles. The van der Waals surface area contributed by atoms with Gasteiger partial charge in [-0.05, 0) is 98.5 Å². The van der Waals surface area contributed by atoms with E-state index in [1.165, 1.54) is 44.6 Å². The summed E-state index contributed by atoms with van der Waals surface area (Å²) < 4.78 is 13.3. The van der Waals surface area contributed by atoms with Crippen LogP contribution in [0.5, 0.6) is 0 Å². The van der Waals surface area contributed by atoms with Gasteiger partial charge in [-0.2, -0.15) is 0 Å². The molecule has 294 valence electrons. The lowest BCUT2D eigenvalue weighted by Crippen LogP contribution is -2.61. The maximum atomic E-state index is 6.77. The summed E-state index contributed by atoms with van der Waals surface area (Å²) >= 11 is 0. The first-order valence-corrected chi connectivity index (χ1v) is 21.5. The van der Waals surface area contributed by atoms with Gasteiger partial charge in [0.25, 0.3) is 6.71 Å². The van der Waals surface area contributed by atoms with Crippen LogP contribution < -0.4 is 26.2 Å². The highest BCUT2D eigenvalue weighted by molar-refractivity contribution is 7.00. The van der Waals surface area contributed by atoms with Crippen LogP contribution in [0.25, 0.3) is 55.0 Å². The van der Waals surface area contributed by atoms with Crippen LogP contribution in [0, 0.1) is 0 Å². The first-order valence-electron chi connectivity index (χ1n) is 21.5. The van der Waals surface area contributed by atoms with Crippen molar-refractivity contribution in [3.63, 3.8) is 0 Å². The fraction of sp³-hybridized carbons (Fsp3) is 0.143. The normalized spacial score (nSPS) is 13.6. The molecule has 0 aliphatic carbocycles. The quantitative estimate of drug-likeness (QED) is 0.167. The van der Waals surface area contributed by atoms with Gasteiger partial charge in [0.05, 0.1) is 5.69 Å². The second-order valence-electron chi connectivity index (χ2n) is 18.9. The molecule has 2 aliphatic heterocycles. The maximum absolute atomic E-state index is 6.77. The van der Waals surface area contributed by atoms with E-state index >= 15 is 0 Å². The third-order valence-corrected chi connectivity index (χ3v) is 13.2. The van der Waals surface area contributed by atoms with E-state index in [4.69, 9.17) is 8.83 Å². The van der Waals surface area contributed by atoms with Crippen molar-refractivity contribution in [1.82, 2.24) is 0 Å². The summed E-state index contributed by atoms with van der Waals surface area (Å²) in [4.78, 5) is 4.97. The Labute approximate surface area is 356 Å². The van der Waals surface area contributed by atoms with Crippen molar-refractivity contribution < 1.29 is 8.83 Å². The Hall–Kier alpha value is -6.98. The zero-order valence-electron chi connectivity index (χ0n) is 35.4. The first-order chi connectivity index (χ1) is 29.5. The molecule has 10 aromatic rings. The van der Waals surface area contributed by atoms with Gasteiger partial charge in [-0.1, -0.05) is 151 Å². The summed E-state index contributed by atoms with van der Waals surface area (Å²) in [7, 11) is 0. The number of rotatable bonds is 3. The average Bonchev–Trinajstić information content (AvgIpc) is 3.84. The van der Waals surface area contributed by atoms with Gasteiger partial charge in [0.1, 0.15) is 16.7 Å². The smallest absolute Gasteiger partial charge is 0.252 e.